The number of non-ortho nitro benzene ring substituents is 1. The number of hydrogen-bond donors (Lipinski definition) is 1. The summed E-state index contributed by atoms with van der Waals surface area (Å²) in [5.41, 5.74) is 0.345. The van der Waals surface area contributed by atoms with Crippen molar-refractivity contribution in [1.29, 1.82) is 0 Å². The standard InChI is InChI=1S/C22H27ClN4O6S/c1-4-12-24-22(29)16(2)25(14-17-8-10-18(23)11-9-17)21(28)15-26(34(3,32)33)19-6-5-7-20(13-19)27(30)31/h5-11,13,16H,4,12,14-15H2,1-3H3,(H,24,29). The van der Waals surface area contributed by atoms with Gasteiger partial charge in [-0.05, 0) is 37.1 Å². The monoisotopic (exact) mass is 510 g/mol. The van der Waals surface area contributed by atoms with Gasteiger partial charge in [-0.1, -0.05) is 36.7 Å². The summed E-state index contributed by atoms with van der Waals surface area (Å²) in [6, 6.07) is 10.8. The maximum Gasteiger partial charge on any atom is 0.271 e. The van der Waals surface area contributed by atoms with Crippen LogP contribution in [0.25, 0.3) is 0 Å². The van der Waals surface area contributed by atoms with Crippen molar-refractivity contribution in [2.45, 2.75) is 32.9 Å². The van der Waals surface area contributed by atoms with Crippen LogP contribution in [0.15, 0.2) is 48.5 Å². The smallest absolute Gasteiger partial charge is 0.271 e. The summed E-state index contributed by atoms with van der Waals surface area (Å²) in [4.78, 5) is 37.8. The van der Waals surface area contributed by atoms with Crippen LogP contribution in [0.1, 0.15) is 25.8 Å². The molecule has 184 valence electrons. The zero-order valence-electron chi connectivity index (χ0n) is 19.1. The van der Waals surface area contributed by atoms with E-state index in [9.17, 15) is 28.1 Å². The molecule has 10 nitrogen and oxygen atoms in total. The van der Waals surface area contributed by atoms with E-state index in [0.717, 1.165) is 16.6 Å². The van der Waals surface area contributed by atoms with E-state index in [2.05, 4.69) is 5.32 Å². The second-order valence-corrected chi connectivity index (χ2v) is 10.0. The second kappa shape index (κ2) is 11.8. The molecule has 0 fully saturated rings. The van der Waals surface area contributed by atoms with Gasteiger partial charge in [-0.3, -0.25) is 24.0 Å². The van der Waals surface area contributed by atoms with Crippen molar-refractivity contribution in [3.63, 3.8) is 0 Å². The number of halogens is 1. The summed E-state index contributed by atoms with van der Waals surface area (Å²) in [7, 11) is -3.98. The van der Waals surface area contributed by atoms with E-state index in [1.54, 1.807) is 31.2 Å². The molecule has 0 spiro atoms. The fourth-order valence-electron chi connectivity index (χ4n) is 3.14. The van der Waals surface area contributed by atoms with Crippen LogP contribution >= 0.6 is 11.6 Å². The summed E-state index contributed by atoms with van der Waals surface area (Å²) < 4.78 is 25.8. The minimum Gasteiger partial charge on any atom is -0.354 e. The van der Waals surface area contributed by atoms with E-state index < -0.39 is 33.4 Å². The third-order valence-corrected chi connectivity index (χ3v) is 6.38. The number of carbonyl (C=O) groups excluding carboxylic acids is 2. The summed E-state index contributed by atoms with van der Waals surface area (Å²) in [6.45, 7) is 3.26. The lowest BCUT2D eigenvalue weighted by Gasteiger charge is -2.31. The molecule has 0 heterocycles. The fourth-order valence-corrected chi connectivity index (χ4v) is 4.11. The number of sulfonamides is 1. The van der Waals surface area contributed by atoms with Crippen LogP contribution < -0.4 is 9.62 Å². The Balaban J connectivity index is 2.40. The number of benzene rings is 2. The molecule has 1 atom stereocenters. The summed E-state index contributed by atoms with van der Waals surface area (Å²) in [5, 5.41) is 14.4. The largest absolute Gasteiger partial charge is 0.354 e. The summed E-state index contributed by atoms with van der Waals surface area (Å²) in [5.74, 6) is -1.03. The van der Waals surface area contributed by atoms with Gasteiger partial charge in [0, 0.05) is 30.2 Å². The highest BCUT2D eigenvalue weighted by molar-refractivity contribution is 7.92. The minimum absolute atomic E-state index is 0.0282. The van der Waals surface area contributed by atoms with E-state index in [0.29, 0.717) is 23.6 Å². The van der Waals surface area contributed by atoms with Crippen LogP contribution in [-0.4, -0.2) is 55.4 Å². The van der Waals surface area contributed by atoms with Gasteiger partial charge >= 0.3 is 0 Å². The Morgan fingerprint density at radius 3 is 2.38 bits per heavy atom. The Bertz CT molecular complexity index is 1140. The van der Waals surface area contributed by atoms with E-state index >= 15 is 0 Å². The maximum atomic E-state index is 13.4. The first kappa shape index (κ1) is 27.1. The molecule has 0 aromatic heterocycles. The van der Waals surface area contributed by atoms with Crippen LogP contribution in [0.3, 0.4) is 0 Å². The molecule has 12 heteroatoms. The van der Waals surface area contributed by atoms with Crippen molar-refractivity contribution >= 4 is 44.8 Å². The van der Waals surface area contributed by atoms with Gasteiger partial charge in [0.25, 0.3) is 5.69 Å². The molecular weight excluding hydrogens is 484 g/mol. The zero-order chi connectivity index (χ0) is 25.5. The third kappa shape index (κ3) is 7.42. The summed E-state index contributed by atoms with van der Waals surface area (Å²) >= 11 is 5.94. The zero-order valence-corrected chi connectivity index (χ0v) is 20.7. The van der Waals surface area contributed by atoms with Crippen molar-refractivity contribution in [2.24, 2.45) is 0 Å². The molecule has 1 N–H and O–H groups in total. The number of hydrogen-bond acceptors (Lipinski definition) is 6. The first-order valence-corrected chi connectivity index (χ1v) is 12.7. The van der Waals surface area contributed by atoms with Crippen molar-refractivity contribution in [1.82, 2.24) is 10.2 Å². The molecule has 0 bridgehead atoms. The Kier molecular flexibility index (Phi) is 9.39. The number of nitrogens with zero attached hydrogens (tertiary/aromatic N) is 3. The second-order valence-electron chi connectivity index (χ2n) is 7.66. The Hall–Kier alpha value is -3.18. The third-order valence-electron chi connectivity index (χ3n) is 4.99. The number of rotatable bonds is 11. The molecule has 0 aliphatic carbocycles. The van der Waals surface area contributed by atoms with Gasteiger partial charge in [0.2, 0.25) is 21.8 Å². The molecule has 0 aliphatic heterocycles. The topological polar surface area (TPSA) is 130 Å². The molecule has 2 amide bonds. The van der Waals surface area contributed by atoms with Crippen LogP contribution in [0, 0.1) is 10.1 Å². The molecule has 0 saturated carbocycles. The lowest BCUT2D eigenvalue weighted by molar-refractivity contribution is -0.384. The predicted octanol–water partition coefficient (Wildman–Crippen LogP) is 2.96. The van der Waals surface area contributed by atoms with E-state index in [4.69, 9.17) is 11.6 Å². The first-order valence-electron chi connectivity index (χ1n) is 10.5. The van der Waals surface area contributed by atoms with E-state index in [1.165, 1.54) is 23.1 Å². The highest BCUT2D eigenvalue weighted by Gasteiger charge is 2.30. The molecule has 0 radical (unpaired) electrons. The number of nitrogens with one attached hydrogen (secondary N) is 1. The first-order chi connectivity index (χ1) is 15.9. The van der Waals surface area contributed by atoms with Gasteiger partial charge in [-0.15, -0.1) is 0 Å². The maximum absolute atomic E-state index is 13.4. The molecule has 2 aromatic carbocycles. The molecule has 0 aliphatic rings. The molecule has 0 saturated heterocycles. The van der Waals surface area contributed by atoms with Crippen LogP contribution in [0.4, 0.5) is 11.4 Å². The SMILES string of the molecule is CCCNC(=O)C(C)N(Cc1ccc(Cl)cc1)C(=O)CN(c1cccc([N+](=O)[O-])c1)S(C)(=O)=O. The lowest BCUT2D eigenvalue weighted by Crippen LogP contribution is -2.51. The van der Waals surface area contributed by atoms with E-state index in [1.807, 2.05) is 6.92 Å². The van der Waals surface area contributed by atoms with Crippen molar-refractivity contribution < 1.29 is 22.9 Å². The Morgan fingerprint density at radius 1 is 1.18 bits per heavy atom. The summed E-state index contributed by atoms with van der Waals surface area (Å²) in [6.07, 6.45) is 1.61. The Morgan fingerprint density at radius 2 is 1.82 bits per heavy atom. The molecule has 34 heavy (non-hydrogen) atoms. The molecule has 2 aromatic rings. The highest BCUT2D eigenvalue weighted by Crippen LogP contribution is 2.24. The average molecular weight is 511 g/mol. The highest BCUT2D eigenvalue weighted by atomic mass is 35.5. The Labute approximate surface area is 203 Å². The molecule has 2 rings (SSSR count). The van der Waals surface area contributed by atoms with Crippen LogP contribution in [-0.2, 0) is 26.2 Å². The van der Waals surface area contributed by atoms with Crippen LogP contribution in [0.2, 0.25) is 5.02 Å². The van der Waals surface area contributed by atoms with Gasteiger partial charge in [0.15, 0.2) is 0 Å². The number of nitro groups is 1. The lowest BCUT2D eigenvalue weighted by atomic mass is 10.1. The number of nitro benzene ring substituents is 1. The van der Waals surface area contributed by atoms with Gasteiger partial charge in [0.05, 0.1) is 16.9 Å². The predicted molar refractivity (Wildman–Crippen MR) is 130 cm³/mol. The average Bonchev–Trinajstić information content (AvgIpc) is 2.79. The van der Waals surface area contributed by atoms with Gasteiger partial charge in [-0.25, -0.2) is 8.42 Å². The fraction of sp³-hybridized carbons (Fsp3) is 0.364. The molecular formula is C22H27ClN4O6S. The molecule has 1 unspecified atom stereocenters. The van der Waals surface area contributed by atoms with Gasteiger partial charge in [-0.2, -0.15) is 0 Å². The van der Waals surface area contributed by atoms with Gasteiger partial charge < -0.3 is 10.2 Å². The van der Waals surface area contributed by atoms with Crippen molar-refractivity contribution in [2.75, 3.05) is 23.7 Å². The number of amides is 2. The van der Waals surface area contributed by atoms with Gasteiger partial charge in [0.1, 0.15) is 12.6 Å². The number of carbonyl (C=O) groups is 2. The van der Waals surface area contributed by atoms with E-state index in [-0.39, 0.29) is 23.8 Å². The quantitative estimate of drug-likeness (QED) is 0.365. The van der Waals surface area contributed by atoms with Crippen LogP contribution in [0.5, 0.6) is 0 Å². The minimum atomic E-state index is -3.98. The normalized spacial score (nSPS) is 12.0. The van der Waals surface area contributed by atoms with Crippen molar-refractivity contribution in [3.05, 3.63) is 69.2 Å². The number of anilines is 1. The van der Waals surface area contributed by atoms with Crippen molar-refractivity contribution in [3.8, 4) is 0 Å².